The number of rotatable bonds is 5. The standard InChI is InChI=1S/C26H25F2N7O/c1-15-12-34(14-30-15)22-8-7-21(31-25(22)36-4)23-32-24-16(6-5-9-35(24)33-23)17-10-18(26(2,3)13-29)20(28)11-19(17)27/h7-8,10-12,14,16H,5-6,9H2,1-4H3/t16-/m1/s1. The first-order valence-electron chi connectivity index (χ1n) is 11.6. The van der Waals surface area contributed by atoms with Crippen molar-refractivity contribution in [2.75, 3.05) is 7.11 Å². The first-order valence-corrected chi connectivity index (χ1v) is 11.6. The number of benzene rings is 1. The van der Waals surface area contributed by atoms with Crippen LogP contribution in [0.1, 0.15) is 55.3 Å². The van der Waals surface area contributed by atoms with Gasteiger partial charge in [-0.15, -0.1) is 5.10 Å². The van der Waals surface area contributed by atoms with E-state index in [0.717, 1.165) is 23.9 Å². The Bertz CT molecular complexity index is 1500. The van der Waals surface area contributed by atoms with E-state index in [1.165, 1.54) is 6.07 Å². The van der Waals surface area contributed by atoms with E-state index < -0.39 is 23.0 Å². The second-order valence-electron chi connectivity index (χ2n) is 9.45. The van der Waals surface area contributed by atoms with Crippen molar-refractivity contribution in [2.45, 2.75) is 51.5 Å². The number of aromatic nitrogens is 6. The van der Waals surface area contributed by atoms with Gasteiger partial charge in [0.2, 0.25) is 5.88 Å². The van der Waals surface area contributed by atoms with Gasteiger partial charge in [0.25, 0.3) is 0 Å². The molecule has 0 radical (unpaired) electrons. The lowest BCUT2D eigenvalue weighted by molar-refractivity contribution is 0.396. The zero-order valence-electron chi connectivity index (χ0n) is 20.5. The lowest BCUT2D eigenvalue weighted by atomic mass is 9.82. The van der Waals surface area contributed by atoms with Gasteiger partial charge in [0, 0.05) is 30.3 Å². The Kier molecular flexibility index (Phi) is 5.79. The van der Waals surface area contributed by atoms with Gasteiger partial charge >= 0.3 is 0 Å². The molecule has 0 bridgehead atoms. The van der Waals surface area contributed by atoms with Crippen LogP contribution in [0, 0.1) is 29.9 Å². The van der Waals surface area contributed by atoms with Crippen LogP contribution in [0.3, 0.4) is 0 Å². The molecule has 0 N–H and O–H groups in total. The molecule has 36 heavy (non-hydrogen) atoms. The first-order chi connectivity index (χ1) is 17.2. The molecule has 1 aliphatic heterocycles. The van der Waals surface area contributed by atoms with E-state index in [1.807, 2.05) is 23.8 Å². The average molecular weight is 490 g/mol. The molecule has 0 fully saturated rings. The lowest BCUT2D eigenvalue weighted by Gasteiger charge is -2.25. The highest BCUT2D eigenvalue weighted by Crippen LogP contribution is 2.38. The number of imidazole rings is 1. The fraction of sp³-hybridized carbons (Fsp3) is 0.346. The molecule has 1 aliphatic rings. The third-order valence-electron chi connectivity index (χ3n) is 6.54. The van der Waals surface area contributed by atoms with E-state index >= 15 is 4.39 Å². The van der Waals surface area contributed by atoms with E-state index in [1.54, 1.807) is 38.0 Å². The second-order valence-corrected chi connectivity index (χ2v) is 9.45. The van der Waals surface area contributed by atoms with Crippen molar-refractivity contribution in [3.05, 3.63) is 71.1 Å². The minimum absolute atomic E-state index is 0.162. The summed E-state index contributed by atoms with van der Waals surface area (Å²) in [5.74, 6) is -0.453. The Morgan fingerprint density at radius 2 is 1.97 bits per heavy atom. The van der Waals surface area contributed by atoms with Crippen LogP contribution < -0.4 is 4.74 Å². The maximum Gasteiger partial charge on any atom is 0.238 e. The van der Waals surface area contributed by atoms with Gasteiger partial charge in [-0.2, -0.15) is 5.26 Å². The molecule has 5 rings (SSSR count). The van der Waals surface area contributed by atoms with Crippen molar-refractivity contribution < 1.29 is 13.5 Å². The van der Waals surface area contributed by atoms with Gasteiger partial charge in [0.15, 0.2) is 5.82 Å². The number of aryl methyl sites for hydroxylation is 2. The Hall–Kier alpha value is -4.13. The molecule has 1 atom stereocenters. The molecule has 0 amide bonds. The number of pyridine rings is 1. The molecular weight excluding hydrogens is 464 g/mol. The lowest BCUT2D eigenvalue weighted by Crippen LogP contribution is -2.21. The Labute approximate surface area is 207 Å². The molecule has 0 saturated carbocycles. The maximum atomic E-state index is 15.0. The number of hydrogen-bond acceptors (Lipinski definition) is 6. The fourth-order valence-corrected chi connectivity index (χ4v) is 4.58. The third-order valence-corrected chi connectivity index (χ3v) is 6.54. The SMILES string of the molecule is COc1nc(-c2nc3n(n2)CCC[C@@H]3c2cc(C(C)(C)C#N)c(F)cc2F)ccc1-n1cnc(C)c1. The zero-order valence-corrected chi connectivity index (χ0v) is 20.5. The molecule has 10 heteroatoms. The van der Waals surface area contributed by atoms with Crippen LogP contribution in [0.15, 0.2) is 36.8 Å². The molecule has 4 heterocycles. The topological polar surface area (TPSA) is 94.4 Å². The molecule has 0 aliphatic carbocycles. The highest BCUT2D eigenvalue weighted by Gasteiger charge is 2.32. The van der Waals surface area contributed by atoms with Crippen molar-refractivity contribution in [3.8, 4) is 29.2 Å². The second kappa shape index (κ2) is 8.82. The quantitative estimate of drug-likeness (QED) is 0.398. The van der Waals surface area contributed by atoms with E-state index in [9.17, 15) is 9.65 Å². The summed E-state index contributed by atoms with van der Waals surface area (Å²) in [5, 5.41) is 14.1. The van der Waals surface area contributed by atoms with E-state index in [4.69, 9.17) is 9.72 Å². The molecule has 4 aromatic rings. The molecule has 0 saturated heterocycles. The van der Waals surface area contributed by atoms with Crippen LogP contribution in [0.2, 0.25) is 0 Å². The molecule has 0 unspecified atom stereocenters. The van der Waals surface area contributed by atoms with Crippen LogP contribution >= 0.6 is 0 Å². The van der Waals surface area contributed by atoms with Crippen molar-refractivity contribution in [3.63, 3.8) is 0 Å². The third kappa shape index (κ3) is 4.00. The number of methoxy groups -OCH3 is 1. The molecule has 1 aromatic carbocycles. The van der Waals surface area contributed by atoms with Gasteiger partial charge in [-0.05, 0) is 57.4 Å². The summed E-state index contributed by atoms with van der Waals surface area (Å²) in [6, 6.07) is 8.09. The summed E-state index contributed by atoms with van der Waals surface area (Å²) in [4.78, 5) is 13.6. The molecular formula is C26H25F2N7O. The summed E-state index contributed by atoms with van der Waals surface area (Å²) in [6.45, 7) is 5.75. The van der Waals surface area contributed by atoms with Gasteiger partial charge in [-0.1, -0.05) is 0 Å². The minimum Gasteiger partial charge on any atom is -0.479 e. The van der Waals surface area contributed by atoms with Crippen molar-refractivity contribution in [1.29, 1.82) is 5.26 Å². The average Bonchev–Trinajstić information content (AvgIpc) is 3.50. The highest BCUT2D eigenvalue weighted by molar-refractivity contribution is 5.55. The monoisotopic (exact) mass is 489 g/mol. The van der Waals surface area contributed by atoms with Crippen LogP contribution in [-0.2, 0) is 12.0 Å². The smallest absolute Gasteiger partial charge is 0.238 e. The summed E-state index contributed by atoms with van der Waals surface area (Å²) in [5.41, 5.74) is 1.48. The fourth-order valence-electron chi connectivity index (χ4n) is 4.58. The van der Waals surface area contributed by atoms with Crippen LogP contribution in [0.4, 0.5) is 8.78 Å². The maximum absolute atomic E-state index is 15.0. The van der Waals surface area contributed by atoms with Crippen molar-refractivity contribution >= 4 is 0 Å². The van der Waals surface area contributed by atoms with Crippen LogP contribution in [0.25, 0.3) is 17.2 Å². The van der Waals surface area contributed by atoms with E-state index in [0.29, 0.717) is 41.8 Å². The molecule has 184 valence electrons. The number of nitriles is 1. The predicted molar refractivity (Wildman–Crippen MR) is 128 cm³/mol. The Balaban J connectivity index is 1.55. The summed E-state index contributed by atoms with van der Waals surface area (Å²) < 4.78 is 38.7. The zero-order chi connectivity index (χ0) is 25.6. The first kappa shape index (κ1) is 23.6. The Morgan fingerprint density at radius 1 is 1.17 bits per heavy atom. The van der Waals surface area contributed by atoms with E-state index in [-0.39, 0.29) is 5.56 Å². The van der Waals surface area contributed by atoms with Gasteiger partial charge in [0.05, 0.1) is 30.6 Å². The largest absolute Gasteiger partial charge is 0.479 e. The number of halogens is 2. The van der Waals surface area contributed by atoms with Crippen LogP contribution in [0.5, 0.6) is 5.88 Å². The summed E-state index contributed by atoms with van der Waals surface area (Å²) in [7, 11) is 1.54. The van der Waals surface area contributed by atoms with Gasteiger partial charge in [-0.25, -0.2) is 28.4 Å². The van der Waals surface area contributed by atoms with Gasteiger partial charge in [-0.3, -0.25) is 0 Å². The summed E-state index contributed by atoms with van der Waals surface area (Å²) in [6.07, 6.45) is 4.94. The molecule has 3 aromatic heterocycles. The normalized spacial score (nSPS) is 15.4. The number of nitrogens with zero attached hydrogens (tertiary/aromatic N) is 7. The van der Waals surface area contributed by atoms with E-state index in [2.05, 4.69) is 21.1 Å². The minimum atomic E-state index is -1.10. The highest BCUT2D eigenvalue weighted by atomic mass is 19.1. The molecule has 8 nitrogen and oxygen atoms in total. The van der Waals surface area contributed by atoms with Gasteiger partial charge < -0.3 is 9.30 Å². The number of fused-ring (bicyclic) bond motifs is 1. The number of hydrogen-bond donors (Lipinski definition) is 0. The van der Waals surface area contributed by atoms with Crippen molar-refractivity contribution in [2.24, 2.45) is 0 Å². The van der Waals surface area contributed by atoms with Gasteiger partial charge in [0.1, 0.15) is 28.8 Å². The van der Waals surface area contributed by atoms with Crippen LogP contribution in [-0.4, -0.2) is 36.4 Å². The Morgan fingerprint density at radius 3 is 2.67 bits per heavy atom. The molecule has 0 spiro atoms. The number of ether oxygens (including phenoxy) is 1. The van der Waals surface area contributed by atoms with Crippen molar-refractivity contribution in [1.82, 2.24) is 29.3 Å². The predicted octanol–water partition coefficient (Wildman–Crippen LogP) is 4.85. The summed E-state index contributed by atoms with van der Waals surface area (Å²) >= 11 is 0.